The fraction of sp³-hybridized carbons (Fsp3) is 0.471. The highest BCUT2D eigenvalue weighted by molar-refractivity contribution is 6.33. The Labute approximate surface area is 158 Å². The molecule has 148 valence electrons. The number of imidazole rings is 1. The van der Waals surface area contributed by atoms with Crippen LogP contribution < -0.4 is 0 Å². The number of aromatic nitrogens is 2. The van der Waals surface area contributed by atoms with Crippen LogP contribution in [-0.4, -0.2) is 45.9 Å². The lowest BCUT2D eigenvalue weighted by atomic mass is 10.2. The van der Waals surface area contributed by atoms with Gasteiger partial charge >= 0.3 is 12.1 Å². The van der Waals surface area contributed by atoms with Gasteiger partial charge in [-0.1, -0.05) is 11.6 Å². The molecule has 0 saturated carbocycles. The minimum absolute atomic E-state index is 0.0161. The molecule has 0 aliphatic rings. The van der Waals surface area contributed by atoms with Crippen molar-refractivity contribution in [2.24, 2.45) is 0 Å². The van der Waals surface area contributed by atoms with Crippen molar-refractivity contribution < 1.29 is 27.5 Å². The van der Waals surface area contributed by atoms with Gasteiger partial charge in [0.25, 0.3) is 5.91 Å². The Morgan fingerprint density at radius 3 is 2.56 bits per heavy atom. The third-order valence-electron chi connectivity index (χ3n) is 3.94. The van der Waals surface area contributed by atoms with Gasteiger partial charge in [0.2, 0.25) is 0 Å². The molecule has 27 heavy (non-hydrogen) atoms. The summed E-state index contributed by atoms with van der Waals surface area (Å²) in [6.45, 7) is 5.46. The molecule has 0 N–H and O–H groups in total. The predicted octanol–water partition coefficient (Wildman–Crippen LogP) is 3.73. The average Bonchev–Trinajstić information content (AvgIpc) is 2.91. The number of hydrogen-bond donors (Lipinski definition) is 0. The normalized spacial score (nSPS) is 11.7. The van der Waals surface area contributed by atoms with Gasteiger partial charge in [-0.05, 0) is 26.8 Å². The maximum atomic E-state index is 13.1. The molecule has 0 aliphatic carbocycles. The van der Waals surface area contributed by atoms with E-state index < -0.39 is 23.6 Å². The Hall–Kier alpha value is -2.29. The van der Waals surface area contributed by atoms with Crippen molar-refractivity contribution in [3.05, 3.63) is 34.2 Å². The third kappa shape index (κ3) is 4.52. The van der Waals surface area contributed by atoms with Crippen LogP contribution in [0.1, 0.15) is 42.0 Å². The van der Waals surface area contributed by atoms with Crippen molar-refractivity contribution in [2.45, 2.75) is 33.4 Å². The summed E-state index contributed by atoms with van der Waals surface area (Å²) in [6.07, 6.45) is -3.84. The molecule has 2 heterocycles. The van der Waals surface area contributed by atoms with E-state index in [0.29, 0.717) is 0 Å². The molecule has 0 saturated heterocycles. The number of amides is 1. The van der Waals surface area contributed by atoms with Crippen LogP contribution >= 0.6 is 11.6 Å². The van der Waals surface area contributed by atoms with Gasteiger partial charge in [0.15, 0.2) is 5.65 Å². The summed E-state index contributed by atoms with van der Waals surface area (Å²) in [7, 11) is 0. The van der Waals surface area contributed by atoms with Crippen molar-refractivity contribution in [3.8, 4) is 0 Å². The number of hydrogen-bond acceptors (Lipinski definition) is 4. The topological polar surface area (TPSA) is 63.9 Å². The minimum atomic E-state index is -4.62. The maximum Gasteiger partial charge on any atom is 0.417 e. The standard InChI is InChI=1S/C17H19ClF3N3O3/c1-4-23(7-6-13(25)27-5-2)16(26)14-10(3)22-15-12(18)8-11(9-24(14)15)17(19,20)21/h8-9H,4-7H2,1-3H3. The van der Waals surface area contributed by atoms with Crippen LogP contribution in [0.5, 0.6) is 0 Å². The summed E-state index contributed by atoms with van der Waals surface area (Å²) in [4.78, 5) is 29.9. The van der Waals surface area contributed by atoms with E-state index in [2.05, 4.69) is 4.98 Å². The van der Waals surface area contributed by atoms with Crippen molar-refractivity contribution in [3.63, 3.8) is 0 Å². The molecule has 0 atom stereocenters. The second-order valence-corrected chi connectivity index (χ2v) is 6.16. The van der Waals surface area contributed by atoms with E-state index in [4.69, 9.17) is 16.3 Å². The highest BCUT2D eigenvalue weighted by Gasteiger charge is 2.33. The van der Waals surface area contributed by atoms with Crippen LogP contribution in [-0.2, 0) is 15.7 Å². The van der Waals surface area contributed by atoms with Gasteiger partial charge in [-0.3, -0.25) is 14.0 Å². The first kappa shape index (κ1) is 21.0. The van der Waals surface area contributed by atoms with Crippen molar-refractivity contribution in [2.75, 3.05) is 19.7 Å². The quantitative estimate of drug-likeness (QED) is 0.687. The number of carbonyl (C=O) groups is 2. The SMILES string of the molecule is CCOC(=O)CCN(CC)C(=O)c1c(C)nc2c(Cl)cc(C(F)(F)F)cn12. The number of alkyl halides is 3. The summed E-state index contributed by atoms with van der Waals surface area (Å²) in [5, 5.41) is -0.207. The number of pyridine rings is 1. The molecular weight excluding hydrogens is 387 g/mol. The lowest BCUT2D eigenvalue weighted by molar-refractivity contribution is -0.143. The van der Waals surface area contributed by atoms with Crippen molar-refractivity contribution in [1.29, 1.82) is 0 Å². The zero-order chi connectivity index (χ0) is 20.4. The molecule has 10 heteroatoms. The molecule has 0 unspecified atom stereocenters. The fourth-order valence-corrected chi connectivity index (χ4v) is 2.89. The zero-order valence-electron chi connectivity index (χ0n) is 15.1. The van der Waals surface area contributed by atoms with E-state index >= 15 is 0 Å². The Morgan fingerprint density at radius 1 is 1.33 bits per heavy atom. The molecule has 2 rings (SSSR count). The van der Waals surface area contributed by atoms with E-state index in [0.717, 1.165) is 16.7 Å². The van der Waals surface area contributed by atoms with Gasteiger partial charge in [0, 0.05) is 19.3 Å². The summed E-state index contributed by atoms with van der Waals surface area (Å²) in [6, 6.07) is 0.774. The highest BCUT2D eigenvalue weighted by Crippen LogP contribution is 2.33. The van der Waals surface area contributed by atoms with Crippen LogP contribution in [0.2, 0.25) is 5.02 Å². The zero-order valence-corrected chi connectivity index (χ0v) is 15.8. The van der Waals surface area contributed by atoms with E-state index in [1.165, 1.54) is 11.8 Å². The minimum Gasteiger partial charge on any atom is -0.466 e. The van der Waals surface area contributed by atoms with Gasteiger partial charge in [-0.25, -0.2) is 4.98 Å². The molecule has 0 bridgehead atoms. The average molecular weight is 406 g/mol. The lowest BCUT2D eigenvalue weighted by Gasteiger charge is -2.20. The van der Waals surface area contributed by atoms with Gasteiger partial charge in [0.05, 0.1) is 29.3 Å². The second-order valence-electron chi connectivity index (χ2n) is 5.75. The van der Waals surface area contributed by atoms with Crippen LogP contribution in [0.15, 0.2) is 12.3 Å². The Morgan fingerprint density at radius 2 is 2.00 bits per heavy atom. The molecular formula is C17H19ClF3N3O3. The first-order valence-corrected chi connectivity index (χ1v) is 8.68. The Bertz CT molecular complexity index is 864. The summed E-state index contributed by atoms with van der Waals surface area (Å²) < 4.78 is 45.2. The van der Waals surface area contributed by atoms with Gasteiger partial charge in [0.1, 0.15) is 5.69 Å². The first-order valence-electron chi connectivity index (χ1n) is 8.30. The summed E-state index contributed by atoms with van der Waals surface area (Å²) >= 11 is 5.94. The largest absolute Gasteiger partial charge is 0.466 e. The Balaban J connectivity index is 2.43. The molecule has 2 aromatic heterocycles. The predicted molar refractivity (Wildman–Crippen MR) is 92.8 cm³/mol. The van der Waals surface area contributed by atoms with E-state index in [9.17, 15) is 22.8 Å². The number of rotatable bonds is 6. The molecule has 0 aromatic carbocycles. The number of aryl methyl sites for hydroxylation is 1. The number of ether oxygens (including phenoxy) is 1. The van der Waals surface area contributed by atoms with Crippen molar-refractivity contribution >= 4 is 29.1 Å². The number of nitrogens with zero attached hydrogens (tertiary/aromatic N) is 3. The monoisotopic (exact) mass is 405 g/mol. The van der Waals surface area contributed by atoms with Gasteiger partial charge in [-0.2, -0.15) is 13.2 Å². The number of esters is 1. The van der Waals surface area contributed by atoms with Gasteiger partial charge < -0.3 is 9.64 Å². The van der Waals surface area contributed by atoms with E-state index in [1.54, 1.807) is 13.8 Å². The highest BCUT2D eigenvalue weighted by atomic mass is 35.5. The second kappa shape index (κ2) is 8.16. The van der Waals surface area contributed by atoms with E-state index in [1.807, 2.05) is 0 Å². The fourth-order valence-electron chi connectivity index (χ4n) is 2.64. The molecule has 1 amide bonds. The van der Waals surface area contributed by atoms with Crippen LogP contribution in [0.3, 0.4) is 0 Å². The van der Waals surface area contributed by atoms with Crippen molar-refractivity contribution in [1.82, 2.24) is 14.3 Å². The number of carbonyl (C=O) groups excluding carboxylic acids is 2. The Kier molecular flexibility index (Phi) is 6.35. The van der Waals surface area contributed by atoms with Gasteiger partial charge in [-0.15, -0.1) is 0 Å². The van der Waals surface area contributed by atoms with Crippen LogP contribution in [0.4, 0.5) is 13.2 Å². The summed E-state index contributed by atoms with van der Waals surface area (Å²) in [5.41, 5.74) is -0.701. The van der Waals surface area contributed by atoms with E-state index in [-0.39, 0.29) is 48.2 Å². The molecule has 0 spiro atoms. The molecule has 6 nitrogen and oxygen atoms in total. The maximum absolute atomic E-state index is 13.1. The number of fused-ring (bicyclic) bond motifs is 1. The molecule has 0 aliphatic heterocycles. The molecule has 0 fully saturated rings. The first-order chi connectivity index (χ1) is 12.6. The molecule has 0 radical (unpaired) electrons. The summed E-state index contributed by atoms with van der Waals surface area (Å²) in [5.74, 6) is -0.997. The third-order valence-corrected chi connectivity index (χ3v) is 4.22. The van der Waals surface area contributed by atoms with Crippen LogP contribution in [0, 0.1) is 6.92 Å². The number of halogens is 4. The lowest BCUT2D eigenvalue weighted by Crippen LogP contribution is -2.34. The molecule has 2 aromatic rings. The smallest absolute Gasteiger partial charge is 0.417 e. The van der Waals surface area contributed by atoms with Crippen LogP contribution in [0.25, 0.3) is 5.65 Å².